The lowest BCUT2D eigenvalue weighted by atomic mass is 10.00. The van der Waals surface area contributed by atoms with Crippen molar-refractivity contribution in [2.24, 2.45) is 0 Å². The summed E-state index contributed by atoms with van der Waals surface area (Å²) in [5, 5.41) is 3.40. The number of nitrogens with zero attached hydrogens (tertiary/aromatic N) is 1. The molecule has 0 saturated carbocycles. The number of hydrogen-bond donors (Lipinski definition) is 1. The summed E-state index contributed by atoms with van der Waals surface area (Å²) in [4.78, 5) is 2.55. The Morgan fingerprint density at radius 2 is 1.94 bits per heavy atom. The Morgan fingerprint density at radius 1 is 1.24 bits per heavy atom. The molecule has 1 fully saturated rings. The van der Waals surface area contributed by atoms with Gasteiger partial charge in [-0.2, -0.15) is 0 Å². The molecule has 17 heavy (non-hydrogen) atoms. The molecule has 1 aliphatic rings. The topological polar surface area (TPSA) is 15.3 Å². The second-order valence-electron chi connectivity index (χ2n) is 4.81. The van der Waals surface area contributed by atoms with E-state index in [1.165, 1.54) is 40.8 Å². The average molecular weight is 297 g/mol. The molecule has 1 aromatic carbocycles. The Balaban J connectivity index is 2.00. The van der Waals surface area contributed by atoms with Gasteiger partial charge in [0.2, 0.25) is 0 Å². The minimum absolute atomic E-state index is 1.14. The number of piperazine rings is 1. The van der Waals surface area contributed by atoms with Crippen molar-refractivity contribution in [3.63, 3.8) is 0 Å². The molecule has 1 saturated heterocycles. The van der Waals surface area contributed by atoms with Crippen molar-refractivity contribution < 1.29 is 0 Å². The Bertz CT molecular complexity index is 384. The van der Waals surface area contributed by atoms with E-state index in [2.05, 4.69) is 52.1 Å². The van der Waals surface area contributed by atoms with Gasteiger partial charge in [-0.3, -0.25) is 0 Å². The van der Waals surface area contributed by atoms with Crippen LogP contribution in [-0.4, -0.2) is 37.6 Å². The molecule has 0 unspecified atom stereocenters. The zero-order valence-corrected chi connectivity index (χ0v) is 12.3. The molecule has 1 aromatic rings. The molecule has 94 valence electrons. The normalized spacial score (nSPS) is 17.4. The predicted molar refractivity (Wildman–Crippen MR) is 76.6 cm³/mol. The molecule has 3 heteroatoms. The molecule has 1 heterocycles. The molecule has 0 atom stereocenters. The number of aryl methyl sites for hydroxylation is 1. The van der Waals surface area contributed by atoms with Gasteiger partial charge in [0.25, 0.3) is 0 Å². The molecular formula is C14H21BrN2. The summed E-state index contributed by atoms with van der Waals surface area (Å²) in [5.41, 5.74) is 4.33. The quantitative estimate of drug-likeness (QED) is 0.922. The van der Waals surface area contributed by atoms with Gasteiger partial charge < -0.3 is 10.2 Å². The molecule has 0 bridgehead atoms. The van der Waals surface area contributed by atoms with E-state index in [4.69, 9.17) is 0 Å². The maximum Gasteiger partial charge on any atom is 0.0207 e. The lowest BCUT2D eigenvalue weighted by Gasteiger charge is -2.27. The molecular weight excluding hydrogens is 276 g/mol. The van der Waals surface area contributed by atoms with Gasteiger partial charge in [0.05, 0.1) is 0 Å². The minimum atomic E-state index is 1.14. The standard InChI is InChI=1S/C14H21BrN2/c1-11-3-4-14(15)12(2)13(11)5-8-17-9-6-16-7-10-17/h3-4,16H,5-10H2,1-2H3. The zero-order chi connectivity index (χ0) is 12.3. The lowest BCUT2D eigenvalue weighted by Crippen LogP contribution is -2.44. The first-order chi connectivity index (χ1) is 8.18. The van der Waals surface area contributed by atoms with E-state index in [-0.39, 0.29) is 0 Å². The van der Waals surface area contributed by atoms with Crippen molar-refractivity contribution in [3.05, 3.63) is 33.3 Å². The van der Waals surface area contributed by atoms with Gasteiger partial charge in [0.1, 0.15) is 0 Å². The molecule has 0 spiro atoms. The molecule has 2 rings (SSSR count). The molecule has 0 aliphatic carbocycles. The Labute approximate surface area is 113 Å². The van der Waals surface area contributed by atoms with E-state index < -0.39 is 0 Å². The van der Waals surface area contributed by atoms with Gasteiger partial charge in [-0.15, -0.1) is 0 Å². The van der Waals surface area contributed by atoms with Crippen LogP contribution in [0.5, 0.6) is 0 Å². The van der Waals surface area contributed by atoms with Crippen molar-refractivity contribution in [2.75, 3.05) is 32.7 Å². The van der Waals surface area contributed by atoms with Crippen molar-refractivity contribution in [1.29, 1.82) is 0 Å². The number of benzene rings is 1. The molecule has 2 nitrogen and oxygen atoms in total. The third-order valence-corrected chi connectivity index (χ3v) is 4.51. The number of nitrogens with one attached hydrogen (secondary N) is 1. The van der Waals surface area contributed by atoms with Crippen LogP contribution in [0.25, 0.3) is 0 Å². The maximum absolute atomic E-state index is 3.62. The summed E-state index contributed by atoms with van der Waals surface area (Å²) in [5.74, 6) is 0. The first kappa shape index (κ1) is 13.1. The van der Waals surface area contributed by atoms with Gasteiger partial charge >= 0.3 is 0 Å². The van der Waals surface area contributed by atoms with Crippen molar-refractivity contribution in [3.8, 4) is 0 Å². The fourth-order valence-electron chi connectivity index (χ4n) is 2.45. The maximum atomic E-state index is 3.62. The van der Waals surface area contributed by atoms with Gasteiger partial charge in [-0.1, -0.05) is 22.0 Å². The number of halogens is 1. The monoisotopic (exact) mass is 296 g/mol. The summed E-state index contributed by atoms with van der Waals surface area (Å²) in [7, 11) is 0. The van der Waals surface area contributed by atoms with Crippen LogP contribution >= 0.6 is 15.9 Å². The second kappa shape index (κ2) is 5.98. The fraction of sp³-hybridized carbons (Fsp3) is 0.571. The Kier molecular flexibility index (Phi) is 4.60. The molecule has 0 aromatic heterocycles. The third-order valence-electron chi connectivity index (χ3n) is 3.65. The Morgan fingerprint density at radius 3 is 2.65 bits per heavy atom. The highest BCUT2D eigenvalue weighted by Gasteiger charge is 2.11. The van der Waals surface area contributed by atoms with E-state index in [0.29, 0.717) is 0 Å². The highest BCUT2D eigenvalue weighted by molar-refractivity contribution is 9.10. The largest absolute Gasteiger partial charge is 0.314 e. The van der Waals surface area contributed by atoms with Crippen LogP contribution in [0.15, 0.2) is 16.6 Å². The highest BCUT2D eigenvalue weighted by Crippen LogP contribution is 2.23. The van der Waals surface area contributed by atoms with Crippen molar-refractivity contribution in [1.82, 2.24) is 10.2 Å². The van der Waals surface area contributed by atoms with Gasteiger partial charge in [0.15, 0.2) is 0 Å². The smallest absolute Gasteiger partial charge is 0.0207 e. The summed E-state index contributed by atoms with van der Waals surface area (Å²) >= 11 is 3.62. The van der Waals surface area contributed by atoms with Gasteiger partial charge in [0, 0.05) is 37.2 Å². The second-order valence-corrected chi connectivity index (χ2v) is 5.66. The SMILES string of the molecule is Cc1ccc(Br)c(C)c1CCN1CCNCC1. The van der Waals surface area contributed by atoms with Crippen molar-refractivity contribution in [2.45, 2.75) is 20.3 Å². The lowest BCUT2D eigenvalue weighted by molar-refractivity contribution is 0.243. The van der Waals surface area contributed by atoms with E-state index in [0.717, 1.165) is 19.5 Å². The van der Waals surface area contributed by atoms with E-state index in [9.17, 15) is 0 Å². The van der Waals surface area contributed by atoms with Crippen LogP contribution < -0.4 is 5.32 Å². The highest BCUT2D eigenvalue weighted by atomic mass is 79.9. The van der Waals surface area contributed by atoms with Crippen LogP contribution in [0.4, 0.5) is 0 Å². The van der Waals surface area contributed by atoms with Crippen molar-refractivity contribution >= 4 is 15.9 Å². The minimum Gasteiger partial charge on any atom is -0.314 e. The fourth-order valence-corrected chi connectivity index (χ4v) is 2.82. The first-order valence-electron chi connectivity index (χ1n) is 6.36. The van der Waals surface area contributed by atoms with Crippen LogP contribution in [0.1, 0.15) is 16.7 Å². The molecule has 1 aliphatic heterocycles. The van der Waals surface area contributed by atoms with E-state index in [1.807, 2.05) is 0 Å². The first-order valence-corrected chi connectivity index (χ1v) is 7.15. The van der Waals surface area contributed by atoms with Crippen LogP contribution in [0, 0.1) is 13.8 Å². The van der Waals surface area contributed by atoms with E-state index in [1.54, 1.807) is 0 Å². The number of hydrogen-bond acceptors (Lipinski definition) is 2. The summed E-state index contributed by atoms with van der Waals surface area (Å²) < 4.78 is 1.23. The Hall–Kier alpha value is -0.380. The number of rotatable bonds is 3. The van der Waals surface area contributed by atoms with Crippen LogP contribution in [-0.2, 0) is 6.42 Å². The van der Waals surface area contributed by atoms with E-state index >= 15 is 0 Å². The molecule has 0 amide bonds. The van der Waals surface area contributed by atoms with Gasteiger partial charge in [-0.05, 0) is 43.0 Å². The summed E-state index contributed by atoms with van der Waals surface area (Å²) in [6, 6.07) is 4.36. The molecule has 0 radical (unpaired) electrons. The average Bonchev–Trinajstić information content (AvgIpc) is 2.35. The molecule has 1 N–H and O–H groups in total. The predicted octanol–water partition coefficient (Wildman–Crippen LogP) is 2.51. The zero-order valence-electron chi connectivity index (χ0n) is 10.7. The third kappa shape index (κ3) is 3.30. The summed E-state index contributed by atoms with van der Waals surface area (Å²) in [6.07, 6.45) is 1.16. The van der Waals surface area contributed by atoms with Crippen LogP contribution in [0.3, 0.4) is 0 Å². The van der Waals surface area contributed by atoms with Gasteiger partial charge in [-0.25, -0.2) is 0 Å². The summed E-state index contributed by atoms with van der Waals surface area (Å²) in [6.45, 7) is 10.3. The van der Waals surface area contributed by atoms with Crippen LogP contribution in [0.2, 0.25) is 0 Å².